The zero-order valence-corrected chi connectivity index (χ0v) is 10.9. The van der Waals surface area contributed by atoms with Gasteiger partial charge in [0, 0.05) is 12.2 Å². The normalized spacial score (nSPS) is 12.7. The Morgan fingerprint density at radius 1 is 1.35 bits per heavy atom. The molecule has 0 saturated carbocycles. The van der Waals surface area contributed by atoms with Crippen LogP contribution >= 0.6 is 0 Å². The number of ether oxygens (including phenoxy) is 1. The van der Waals surface area contributed by atoms with Crippen molar-refractivity contribution in [2.75, 3.05) is 19.8 Å². The van der Waals surface area contributed by atoms with Crippen LogP contribution in [0.3, 0.4) is 0 Å². The first-order chi connectivity index (χ1) is 8.19. The zero-order chi connectivity index (χ0) is 12.7. The van der Waals surface area contributed by atoms with E-state index in [-0.39, 0.29) is 11.9 Å². The van der Waals surface area contributed by atoms with Crippen molar-refractivity contribution in [3.63, 3.8) is 0 Å². The monoisotopic (exact) mass is 239 g/mol. The lowest BCUT2D eigenvalue weighted by molar-refractivity contribution is 0.111. The standard InChI is InChI=1S/C14H22FNO/c1-4-8-17-10-14(16-5-2)12-7-6-11(3)9-13(12)15/h6-7,9,14,16H,4-5,8,10H2,1-3H3. The number of rotatable bonds is 7. The van der Waals surface area contributed by atoms with Gasteiger partial charge in [-0.25, -0.2) is 4.39 Å². The summed E-state index contributed by atoms with van der Waals surface area (Å²) in [5.74, 6) is -0.156. The lowest BCUT2D eigenvalue weighted by Crippen LogP contribution is -2.26. The van der Waals surface area contributed by atoms with Gasteiger partial charge in [0.1, 0.15) is 5.82 Å². The summed E-state index contributed by atoms with van der Waals surface area (Å²) in [5.41, 5.74) is 1.63. The molecule has 0 aliphatic rings. The van der Waals surface area contributed by atoms with Crippen LogP contribution in [0.25, 0.3) is 0 Å². The Labute approximate surface area is 103 Å². The molecule has 1 N–H and O–H groups in total. The van der Waals surface area contributed by atoms with Gasteiger partial charge in [0.25, 0.3) is 0 Å². The fourth-order valence-electron chi connectivity index (χ4n) is 1.77. The Kier molecular flexibility index (Phi) is 6.16. The second kappa shape index (κ2) is 7.41. The SMILES string of the molecule is CCCOCC(NCC)c1ccc(C)cc1F. The second-order valence-electron chi connectivity index (χ2n) is 4.21. The van der Waals surface area contributed by atoms with E-state index in [1.54, 1.807) is 6.07 Å². The smallest absolute Gasteiger partial charge is 0.128 e. The summed E-state index contributed by atoms with van der Waals surface area (Å²) in [4.78, 5) is 0. The minimum atomic E-state index is -0.156. The molecule has 0 aliphatic heterocycles. The predicted molar refractivity (Wildman–Crippen MR) is 68.7 cm³/mol. The van der Waals surface area contributed by atoms with Crippen molar-refractivity contribution in [2.24, 2.45) is 0 Å². The van der Waals surface area contributed by atoms with Crippen LogP contribution in [0.5, 0.6) is 0 Å². The maximum Gasteiger partial charge on any atom is 0.128 e. The predicted octanol–water partition coefficient (Wildman–Crippen LogP) is 3.21. The molecule has 96 valence electrons. The summed E-state index contributed by atoms with van der Waals surface area (Å²) >= 11 is 0. The third-order valence-corrected chi connectivity index (χ3v) is 2.61. The van der Waals surface area contributed by atoms with Crippen LogP contribution in [0.2, 0.25) is 0 Å². The average molecular weight is 239 g/mol. The Bertz CT molecular complexity index is 341. The number of hydrogen-bond donors (Lipinski definition) is 1. The van der Waals surface area contributed by atoms with Crippen LogP contribution < -0.4 is 5.32 Å². The van der Waals surface area contributed by atoms with Crippen molar-refractivity contribution in [1.29, 1.82) is 0 Å². The highest BCUT2D eigenvalue weighted by Crippen LogP contribution is 2.18. The van der Waals surface area contributed by atoms with E-state index < -0.39 is 0 Å². The van der Waals surface area contributed by atoms with Crippen molar-refractivity contribution in [3.8, 4) is 0 Å². The van der Waals surface area contributed by atoms with Crippen LogP contribution in [0.1, 0.15) is 37.4 Å². The quantitative estimate of drug-likeness (QED) is 0.738. The number of benzene rings is 1. The molecular formula is C14H22FNO. The molecule has 0 fully saturated rings. The van der Waals surface area contributed by atoms with Crippen molar-refractivity contribution in [3.05, 3.63) is 35.1 Å². The van der Waals surface area contributed by atoms with Crippen LogP contribution in [-0.2, 0) is 4.74 Å². The molecule has 1 aromatic rings. The maximum absolute atomic E-state index is 13.8. The summed E-state index contributed by atoms with van der Waals surface area (Å²) in [7, 11) is 0. The fourth-order valence-corrected chi connectivity index (χ4v) is 1.77. The summed E-state index contributed by atoms with van der Waals surface area (Å²) in [6.45, 7) is 8.00. The van der Waals surface area contributed by atoms with Gasteiger partial charge in [-0.3, -0.25) is 0 Å². The van der Waals surface area contributed by atoms with E-state index in [4.69, 9.17) is 4.74 Å². The zero-order valence-electron chi connectivity index (χ0n) is 10.9. The Hall–Kier alpha value is -0.930. The molecule has 0 saturated heterocycles. The molecular weight excluding hydrogens is 217 g/mol. The lowest BCUT2D eigenvalue weighted by atomic mass is 10.0. The van der Waals surface area contributed by atoms with Crippen LogP contribution in [0.15, 0.2) is 18.2 Å². The molecule has 1 atom stereocenters. The van der Waals surface area contributed by atoms with Crippen LogP contribution in [0.4, 0.5) is 4.39 Å². The highest BCUT2D eigenvalue weighted by molar-refractivity contribution is 5.26. The fraction of sp³-hybridized carbons (Fsp3) is 0.571. The minimum absolute atomic E-state index is 0.0628. The summed E-state index contributed by atoms with van der Waals surface area (Å²) in [5, 5.41) is 3.25. The minimum Gasteiger partial charge on any atom is -0.379 e. The molecule has 1 aromatic carbocycles. The molecule has 17 heavy (non-hydrogen) atoms. The van der Waals surface area contributed by atoms with Gasteiger partial charge in [0.15, 0.2) is 0 Å². The second-order valence-corrected chi connectivity index (χ2v) is 4.21. The van der Waals surface area contributed by atoms with E-state index in [9.17, 15) is 4.39 Å². The Morgan fingerprint density at radius 3 is 2.71 bits per heavy atom. The van der Waals surface area contributed by atoms with Gasteiger partial charge in [-0.2, -0.15) is 0 Å². The molecule has 0 spiro atoms. The van der Waals surface area contributed by atoms with Gasteiger partial charge in [-0.1, -0.05) is 26.0 Å². The largest absolute Gasteiger partial charge is 0.379 e. The van der Waals surface area contributed by atoms with Gasteiger partial charge in [-0.15, -0.1) is 0 Å². The van der Waals surface area contributed by atoms with Crippen LogP contribution in [0, 0.1) is 12.7 Å². The van der Waals surface area contributed by atoms with E-state index >= 15 is 0 Å². The first kappa shape index (κ1) is 14.1. The summed E-state index contributed by atoms with van der Waals surface area (Å²) in [6.07, 6.45) is 0.981. The average Bonchev–Trinajstić information content (AvgIpc) is 2.28. The van der Waals surface area contributed by atoms with E-state index in [2.05, 4.69) is 12.2 Å². The first-order valence-corrected chi connectivity index (χ1v) is 6.26. The number of halogens is 1. The molecule has 0 aliphatic carbocycles. The summed E-state index contributed by atoms with van der Waals surface area (Å²) < 4.78 is 19.3. The third-order valence-electron chi connectivity index (χ3n) is 2.61. The first-order valence-electron chi connectivity index (χ1n) is 6.26. The van der Waals surface area contributed by atoms with Crippen molar-refractivity contribution in [2.45, 2.75) is 33.2 Å². The van der Waals surface area contributed by atoms with Gasteiger partial charge in [-0.05, 0) is 31.5 Å². The van der Waals surface area contributed by atoms with Crippen molar-refractivity contribution >= 4 is 0 Å². The van der Waals surface area contributed by atoms with Gasteiger partial charge < -0.3 is 10.1 Å². The Balaban J connectivity index is 2.74. The lowest BCUT2D eigenvalue weighted by Gasteiger charge is -2.19. The van der Waals surface area contributed by atoms with Crippen molar-refractivity contribution < 1.29 is 9.13 Å². The van der Waals surface area contributed by atoms with Crippen LogP contribution in [-0.4, -0.2) is 19.8 Å². The number of aryl methyl sites for hydroxylation is 1. The molecule has 1 unspecified atom stereocenters. The van der Waals surface area contributed by atoms with E-state index in [0.717, 1.165) is 25.1 Å². The van der Waals surface area contributed by atoms with E-state index in [0.29, 0.717) is 12.2 Å². The van der Waals surface area contributed by atoms with E-state index in [1.165, 1.54) is 0 Å². The number of hydrogen-bond acceptors (Lipinski definition) is 2. The molecule has 0 amide bonds. The number of likely N-dealkylation sites (N-methyl/N-ethyl adjacent to an activating group) is 1. The molecule has 0 heterocycles. The molecule has 0 aromatic heterocycles. The maximum atomic E-state index is 13.8. The Morgan fingerprint density at radius 2 is 2.12 bits per heavy atom. The third kappa shape index (κ3) is 4.44. The topological polar surface area (TPSA) is 21.3 Å². The molecule has 1 rings (SSSR count). The molecule has 0 radical (unpaired) electrons. The van der Waals surface area contributed by atoms with Gasteiger partial charge >= 0.3 is 0 Å². The summed E-state index contributed by atoms with van der Waals surface area (Å²) in [6, 6.07) is 5.28. The highest BCUT2D eigenvalue weighted by atomic mass is 19.1. The van der Waals surface area contributed by atoms with Crippen molar-refractivity contribution in [1.82, 2.24) is 5.32 Å². The molecule has 0 bridgehead atoms. The molecule has 3 heteroatoms. The van der Waals surface area contributed by atoms with Gasteiger partial charge in [0.05, 0.1) is 12.6 Å². The molecule has 2 nitrogen and oxygen atoms in total. The highest BCUT2D eigenvalue weighted by Gasteiger charge is 2.14. The van der Waals surface area contributed by atoms with E-state index in [1.807, 2.05) is 26.0 Å². The number of nitrogens with one attached hydrogen (secondary N) is 1. The van der Waals surface area contributed by atoms with Gasteiger partial charge in [0.2, 0.25) is 0 Å².